The second-order valence-corrected chi connectivity index (χ2v) is 7.41. The zero-order chi connectivity index (χ0) is 19.2. The van der Waals surface area contributed by atoms with Gasteiger partial charge in [-0.2, -0.15) is 0 Å². The number of nitrogens with zero attached hydrogens (tertiary/aromatic N) is 4. The third-order valence-electron chi connectivity index (χ3n) is 4.61. The predicted molar refractivity (Wildman–Crippen MR) is 106 cm³/mol. The Morgan fingerprint density at radius 2 is 2.00 bits per heavy atom. The first-order chi connectivity index (χ1) is 13.2. The van der Waals surface area contributed by atoms with Crippen LogP contribution in [-0.4, -0.2) is 59.4 Å². The summed E-state index contributed by atoms with van der Waals surface area (Å²) in [5.74, 6) is 0.551. The number of anilines is 1. The van der Waals surface area contributed by atoms with E-state index in [4.69, 9.17) is 9.47 Å². The molecule has 7 nitrogen and oxygen atoms in total. The number of para-hydroxylation sites is 1. The summed E-state index contributed by atoms with van der Waals surface area (Å²) < 4.78 is 12.5. The van der Waals surface area contributed by atoms with Crippen molar-refractivity contribution < 1.29 is 14.3 Å². The minimum absolute atomic E-state index is 0.242. The molecular weight excluding hydrogens is 364 g/mol. The largest absolute Gasteiger partial charge is 0.468 e. The normalized spacial score (nSPS) is 15.6. The van der Waals surface area contributed by atoms with Crippen LogP contribution in [0.4, 0.5) is 5.95 Å². The number of ether oxygens (including phenoxy) is 2. The minimum atomic E-state index is -0.315. The highest BCUT2D eigenvalue weighted by atomic mass is 32.2. The first-order valence-electron chi connectivity index (χ1n) is 9.30. The van der Waals surface area contributed by atoms with Gasteiger partial charge in [0.15, 0.2) is 5.16 Å². The standard InChI is InChI=1S/C19H26N4O3S/c1-4-14-8-6-7-9-15(14)23-18(22-10-12-26-13-11-22)20-21-19(23)27-16(5-2)17(24)25-3/h6-9,16H,4-5,10-13H2,1-3H3/t16-/m1/s1. The lowest BCUT2D eigenvalue weighted by Gasteiger charge is -2.28. The van der Waals surface area contributed by atoms with Crippen LogP contribution in [0.15, 0.2) is 29.4 Å². The average molecular weight is 391 g/mol. The molecular formula is C19H26N4O3S. The maximum atomic E-state index is 12.1. The third kappa shape index (κ3) is 4.27. The fraction of sp³-hybridized carbons (Fsp3) is 0.526. The number of morpholine rings is 1. The highest BCUT2D eigenvalue weighted by molar-refractivity contribution is 8.00. The molecule has 2 aromatic rings. The molecule has 8 heteroatoms. The monoisotopic (exact) mass is 390 g/mol. The van der Waals surface area contributed by atoms with Crippen LogP contribution in [0, 0.1) is 0 Å². The molecule has 1 atom stereocenters. The Morgan fingerprint density at radius 3 is 2.67 bits per heavy atom. The van der Waals surface area contributed by atoms with Gasteiger partial charge in [0.1, 0.15) is 5.25 Å². The molecule has 3 rings (SSSR count). The zero-order valence-electron chi connectivity index (χ0n) is 16.1. The Kier molecular flexibility index (Phi) is 6.73. The smallest absolute Gasteiger partial charge is 0.319 e. The summed E-state index contributed by atoms with van der Waals surface area (Å²) in [7, 11) is 1.42. The van der Waals surface area contributed by atoms with Crippen molar-refractivity contribution in [1.29, 1.82) is 0 Å². The van der Waals surface area contributed by atoms with Crippen molar-refractivity contribution in [3.63, 3.8) is 0 Å². The van der Waals surface area contributed by atoms with Gasteiger partial charge in [-0.25, -0.2) is 0 Å². The van der Waals surface area contributed by atoms with E-state index in [-0.39, 0.29) is 11.2 Å². The molecule has 1 aromatic heterocycles. The minimum Gasteiger partial charge on any atom is -0.468 e. The van der Waals surface area contributed by atoms with Crippen molar-refractivity contribution in [1.82, 2.24) is 14.8 Å². The highest BCUT2D eigenvalue weighted by Crippen LogP contribution is 2.32. The molecule has 0 aliphatic carbocycles. The number of rotatable bonds is 7. The summed E-state index contributed by atoms with van der Waals surface area (Å²) >= 11 is 1.40. The van der Waals surface area contributed by atoms with Gasteiger partial charge in [0.05, 0.1) is 26.0 Å². The number of methoxy groups -OCH3 is 1. The molecule has 1 fully saturated rings. The van der Waals surface area contributed by atoms with Crippen molar-refractivity contribution in [3.05, 3.63) is 29.8 Å². The number of hydrogen-bond acceptors (Lipinski definition) is 7. The van der Waals surface area contributed by atoms with E-state index >= 15 is 0 Å². The van der Waals surface area contributed by atoms with Crippen molar-refractivity contribution in [2.75, 3.05) is 38.3 Å². The number of aromatic nitrogens is 3. The molecule has 1 saturated heterocycles. The number of esters is 1. The molecule has 1 aliphatic heterocycles. The molecule has 1 aliphatic rings. The number of thioether (sulfide) groups is 1. The van der Waals surface area contributed by atoms with Crippen LogP contribution < -0.4 is 4.90 Å². The first-order valence-corrected chi connectivity index (χ1v) is 10.2. The van der Waals surface area contributed by atoms with Crippen LogP contribution in [0.1, 0.15) is 25.8 Å². The molecule has 0 unspecified atom stereocenters. The summed E-state index contributed by atoms with van der Waals surface area (Å²) in [5, 5.41) is 9.30. The van der Waals surface area contributed by atoms with Crippen molar-refractivity contribution >= 4 is 23.7 Å². The van der Waals surface area contributed by atoms with Crippen LogP contribution in [-0.2, 0) is 20.7 Å². The van der Waals surface area contributed by atoms with E-state index in [9.17, 15) is 4.79 Å². The van der Waals surface area contributed by atoms with E-state index in [1.54, 1.807) is 0 Å². The molecule has 27 heavy (non-hydrogen) atoms. The van der Waals surface area contributed by atoms with Crippen LogP contribution >= 0.6 is 11.8 Å². The number of hydrogen-bond donors (Lipinski definition) is 0. The van der Waals surface area contributed by atoms with Gasteiger partial charge in [0.2, 0.25) is 5.95 Å². The Balaban J connectivity index is 2.05. The molecule has 146 valence electrons. The molecule has 2 heterocycles. The fourth-order valence-corrected chi connectivity index (χ4v) is 4.09. The summed E-state index contributed by atoms with van der Waals surface area (Å²) in [6.07, 6.45) is 1.56. The second kappa shape index (κ2) is 9.23. The maximum absolute atomic E-state index is 12.1. The van der Waals surface area contributed by atoms with Crippen molar-refractivity contribution in [2.45, 2.75) is 37.1 Å². The summed E-state index contributed by atoms with van der Waals surface area (Å²) in [6.45, 7) is 6.98. The number of aryl methyl sites for hydroxylation is 1. The van der Waals surface area contributed by atoms with Crippen LogP contribution in [0.5, 0.6) is 0 Å². The summed E-state index contributed by atoms with van der Waals surface area (Å²) in [6, 6.07) is 8.25. The van der Waals surface area contributed by atoms with Gasteiger partial charge >= 0.3 is 5.97 Å². The molecule has 0 saturated carbocycles. The molecule has 0 bridgehead atoms. The van der Waals surface area contributed by atoms with E-state index in [1.807, 2.05) is 19.1 Å². The van der Waals surface area contributed by atoms with Crippen LogP contribution in [0.25, 0.3) is 5.69 Å². The Bertz CT molecular complexity index is 774. The van der Waals surface area contributed by atoms with Gasteiger partial charge in [-0.15, -0.1) is 10.2 Å². The van der Waals surface area contributed by atoms with Crippen molar-refractivity contribution in [2.24, 2.45) is 0 Å². The molecule has 0 spiro atoms. The average Bonchev–Trinajstić information content (AvgIpc) is 3.15. The van der Waals surface area contributed by atoms with Crippen LogP contribution in [0.3, 0.4) is 0 Å². The van der Waals surface area contributed by atoms with Crippen LogP contribution in [0.2, 0.25) is 0 Å². The van der Waals surface area contributed by atoms with E-state index in [1.165, 1.54) is 24.4 Å². The Morgan fingerprint density at radius 1 is 1.26 bits per heavy atom. The second-order valence-electron chi connectivity index (χ2n) is 6.24. The lowest BCUT2D eigenvalue weighted by Crippen LogP contribution is -2.38. The van der Waals surface area contributed by atoms with E-state index in [0.29, 0.717) is 24.8 Å². The van der Waals surface area contributed by atoms with E-state index < -0.39 is 0 Å². The highest BCUT2D eigenvalue weighted by Gasteiger charge is 2.27. The number of carbonyl (C=O) groups is 1. The van der Waals surface area contributed by atoms with E-state index in [2.05, 4.69) is 38.7 Å². The quantitative estimate of drug-likeness (QED) is 0.532. The lowest BCUT2D eigenvalue weighted by atomic mass is 10.1. The zero-order valence-corrected chi connectivity index (χ0v) is 16.9. The maximum Gasteiger partial charge on any atom is 0.319 e. The number of benzene rings is 1. The van der Waals surface area contributed by atoms with Gasteiger partial charge in [0, 0.05) is 13.1 Å². The van der Waals surface area contributed by atoms with Gasteiger partial charge < -0.3 is 14.4 Å². The summed E-state index contributed by atoms with van der Waals surface area (Å²) in [5.41, 5.74) is 2.26. The lowest BCUT2D eigenvalue weighted by molar-refractivity contribution is -0.140. The van der Waals surface area contributed by atoms with Gasteiger partial charge in [0.25, 0.3) is 0 Å². The van der Waals surface area contributed by atoms with E-state index in [0.717, 1.165) is 31.1 Å². The van der Waals surface area contributed by atoms with Gasteiger partial charge in [-0.3, -0.25) is 9.36 Å². The molecule has 0 N–H and O–H groups in total. The third-order valence-corrected chi connectivity index (χ3v) is 5.89. The topological polar surface area (TPSA) is 69.5 Å². The first kappa shape index (κ1) is 19.7. The SMILES string of the molecule is CCc1ccccc1-n1c(S[C@H](CC)C(=O)OC)nnc1N1CCOCC1. The Hall–Kier alpha value is -2.06. The molecule has 0 amide bonds. The van der Waals surface area contributed by atoms with Gasteiger partial charge in [-0.1, -0.05) is 43.8 Å². The molecule has 1 aromatic carbocycles. The number of carbonyl (C=O) groups excluding carboxylic acids is 1. The van der Waals surface area contributed by atoms with Gasteiger partial charge in [-0.05, 0) is 24.5 Å². The Labute approximate surface area is 164 Å². The fourth-order valence-electron chi connectivity index (χ4n) is 3.10. The predicted octanol–water partition coefficient (Wildman–Crippen LogP) is 2.71. The summed E-state index contributed by atoms with van der Waals surface area (Å²) in [4.78, 5) is 14.3. The molecule has 0 radical (unpaired) electrons. The van der Waals surface area contributed by atoms with Crippen molar-refractivity contribution in [3.8, 4) is 5.69 Å².